The molecule has 1 amide bonds. The van der Waals surface area contributed by atoms with Gasteiger partial charge in [0.1, 0.15) is 5.75 Å². The van der Waals surface area contributed by atoms with Crippen LogP contribution in [-0.2, 0) is 11.3 Å². The van der Waals surface area contributed by atoms with Gasteiger partial charge in [0.15, 0.2) is 0 Å². The molecule has 0 unspecified atom stereocenters. The van der Waals surface area contributed by atoms with Crippen molar-refractivity contribution in [2.24, 2.45) is 5.10 Å². The third kappa shape index (κ3) is 4.42. The molecular formula is C29H23N3O4. The standard InChI is InChI=1S/C29H23N3O4/c1-36-29(35)21-9-6-7-19(15-21)17-32-18-22(23-10-4-5-12-25(23)32)16-30-31-28(34)27-24-11-3-2-8-20(24)13-14-26(27)33/h2-16,18,33H,17H2,1H3,(H,31,34)/b30-16-. The van der Waals surface area contributed by atoms with Crippen molar-refractivity contribution in [3.63, 3.8) is 0 Å². The second-order valence-electron chi connectivity index (χ2n) is 8.30. The molecule has 1 aromatic heterocycles. The monoisotopic (exact) mass is 477 g/mol. The highest BCUT2D eigenvalue weighted by atomic mass is 16.5. The number of nitrogens with zero attached hydrogens (tertiary/aromatic N) is 2. The number of rotatable bonds is 6. The van der Waals surface area contributed by atoms with Crippen LogP contribution in [0.1, 0.15) is 31.8 Å². The Balaban J connectivity index is 1.41. The molecule has 0 bridgehead atoms. The molecule has 178 valence electrons. The number of carbonyl (C=O) groups excluding carboxylic acids is 2. The number of esters is 1. The molecule has 0 aliphatic heterocycles. The fourth-order valence-corrected chi connectivity index (χ4v) is 4.34. The van der Waals surface area contributed by atoms with Crippen LogP contribution >= 0.6 is 0 Å². The van der Waals surface area contributed by atoms with E-state index in [1.165, 1.54) is 13.2 Å². The number of fused-ring (bicyclic) bond motifs is 2. The maximum absolute atomic E-state index is 12.9. The molecule has 2 N–H and O–H groups in total. The van der Waals surface area contributed by atoms with Crippen molar-refractivity contribution in [1.82, 2.24) is 9.99 Å². The summed E-state index contributed by atoms with van der Waals surface area (Å²) in [5.74, 6) is -0.980. The minimum absolute atomic E-state index is 0.104. The highest BCUT2D eigenvalue weighted by Gasteiger charge is 2.15. The molecule has 0 saturated heterocycles. The molecule has 36 heavy (non-hydrogen) atoms. The van der Waals surface area contributed by atoms with Gasteiger partial charge in [-0.1, -0.05) is 60.7 Å². The molecule has 0 atom stereocenters. The fraction of sp³-hybridized carbons (Fsp3) is 0.0690. The van der Waals surface area contributed by atoms with Crippen LogP contribution in [0.25, 0.3) is 21.7 Å². The molecule has 1 heterocycles. The van der Waals surface area contributed by atoms with Crippen LogP contribution in [0.5, 0.6) is 5.75 Å². The lowest BCUT2D eigenvalue weighted by Crippen LogP contribution is -2.18. The third-order valence-corrected chi connectivity index (χ3v) is 6.02. The van der Waals surface area contributed by atoms with E-state index in [1.54, 1.807) is 24.4 Å². The maximum atomic E-state index is 12.9. The normalized spacial score (nSPS) is 11.2. The number of aromatic hydroxyl groups is 1. The van der Waals surface area contributed by atoms with Crippen molar-refractivity contribution in [3.8, 4) is 5.75 Å². The number of aromatic nitrogens is 1. The van der Waals surface area contributed by atoms with E-state index in [1.807, 2.05) is 66.9 Å². The molecule has 0 spiro atoms. The smallest absolute Gasteiger partial charge is 0.337 e. The predicted octanol–water partition coefficient (Wildman–Crippen LogP) is 5.10. The first-order chi connectivity index (χ1) is 17.5. The van der Waals surface area contributed by atoms with Crippen LogP contribution < -0.4 is 5.43 Å². The zero-order chi connectivity index (χ0) is 25.1. The van der Waals surface area contributed by atoms with E-state index in [0.29, 0.717) is 17.5 Å². The molecule has 0 fully saturated rings. The summed E-state index contributed by atoms with van der Waals surface area (Å²) in [6, 6.07) is 25.8. The number of benzene rings is 4. The summed E-state index contributed by atoms with van der Waals surface area (Å²) in [7, 11) is 1.36. The number of nitrogens with one attached hydrogen (secondary N) is 1. The number of methoxy groups -OCH3 is 1. The Bertz CT molecular complexity index is 1630. The van der Waals surface area contributed by atoms with Crippen molar-refractivity contribution < 1.29 is 19.4 Å². The number of phenols is 1. The van der Waals surface area contributed by atoms with Crippen molar-refractivity contribution in [3.05, 3.63) is 113 Å². The fourth-order valence-electron chi connectivity index (χ4n) is 4.34. The molecule has 0 saturated carbocycles. The summed E-state index contributed by atoms with van der Waals surface area (Å²) in [6.07, 6.45) is 3.53. The molecule has 0 aliphatic rings. The van der Waals surface area contributed by atoms with E-state index >= 15 is 0 Å². The van der Waals surface area contributed by atoms with E-state index in [2.05, 4.69) is 15.1 Å². The first kappa shape index (κ1) is 22.9. The average Bonchev–Trinajstić information content (AvgIpc) is 3.25. The lowest BCUT2D eigenvalue weighted by molar-refractivity contribution is 0.0600. The Morgan fingerprint density at radius 1 is 0.972 bits per heavy atom. The minimum atomic E-state index is -0.496. The number of phenolic OH excluding ortho intramolecular Hbond substituents is 1. The van der Waals surface area contributed by atoms with Crippen molar-refractivity contribution in [2.45, 2.75) is 6.54 Å². The van der Waals surface area contributed by atoms with E-state index in [0.717, 1.165) is 27.4 Å². The average molecular weight is 478 g/mol. The first-order valence-electron chi connectivity index (χ1n) is 11.3. The van der Waals surface area contributed by atoms with Gasteiger partial charge in [-0.2, -0.15) is 5.10 Å². The minimum Gasteiger partial charge on any atom is -0.507 e. The molecule has 0 aliphatic carbocycles. The summed E-state index contributed by atoms with van der Waals surface area (Å²) in [4.78, 5) is 24.8. The van der Waals surface area contributed by atoms with E-state index < -0.39 is 5.91 Å². The highest BCUT2D eigenvalue weighted by molar-refractivity contribution is 6.09. The summed E-state index contributed by atoms with van der Waals surface area (Å²) in [5.41, 5.74) is 5.96. The molecule has 5 rings (SSSR count). The van der Waals surface area contributed by atoms with Gasteiger partial charge in [-0.3, -0.25) is 4.79 Å². The van der Waals surface area contributed by atoms with Gasteiger partial charge in [0, 0.05) is 29.2 Å². The molecule has 4 aromatic carbocycles. The summed E-state index contributed by atoms with van der Waals surface area (Å²) in [5, 5.41) is 16.9. The van der Waals surface area contributed by atoms with E-state index in [4.69, 9.17) is 4.74 Å². The van der Waals surface area contributed by atoms with Crippen molar-refractivity contribution in [1.29, 1.82) is 0 Å². The topological polar surface area (TPSA) is 92.9 Å². The van der Waals surface area contributed by atoms with Gasteiger partial charge < -0.3 is 14.4 Å². The molecule has 7 heteroatoms. The number of hydrogen-bond donors (Lipinski definition) is 2. The quantitative estimate of drug-likeness (QED) is 0.202. The third-order valence-electron chi connectivity index (χ3n) is 6.02. The number of ether oxygens (including phenoxy) is 1. The largest absolute Gasteiger partial charge is 0.507 e. The molecule has 7 nitrogen and oxygen atoms in total. The predicted molar refractivity (Wildman–Crippen MR) is 139 cm³/mol. The molecule has 5 aromatic rings. The summed E-state index contributed by atoms with van der Waals surface area (Å²) < 4.78 is 6.89. The molecular weight excluding hydrogens is 454 g/mol. The number of para-hydroxylation sites is 1. The van der Waals surface area contributed by atoms with Crippen LogP contribution in [0, 0.1) is 0 Å². The van der Waals surface area contributed by atoms with Gasteiger partial charge in [-0.25, -0.2) is 10.2 Å². The van der Waals surface area contributed by atoms with Crippen LogP contribution in [0.3, 0.4) is 0 Å². The van der Waals surface area contributed by atoms with Crippen LogP contribution in [-0.4, -0.2) is 34.9 Å². The Hall–Kier alpha value is -4.91. The van der Waals surface area contributed by atoms with Gasteiger partial charge in [-0.15, -0.1) is 0 Å². The van der Waals surface area contributed by atoms with Gasteiger partial charge in [0.2, 0.25) is 0 Å². The Labute approximate surface area is 207 Å². The van der Waals surface area contributed by atoms with Gasteiger partial charge >= 0.3 is 5.97 Å². The van der Waals surface area contributed by atoms with Crippen molar-refractivity contribution >= 4 is 39.8 Å². The number of amides is 1. The Kier molecular flexibility index (Phi) is 6.19. The Morgan fingerprint density at radius 3 is 2.58 bits per heavy atom. The number of hydrogen-bond acceptors (Lipinski definition) is 5. The summed E-state index contributed by atoms with van der Waals surface area (Å²) >= 11 is 0. The van der Waals surface area contributed by atoms with Crippen molar-refractivity contribution in [2.75, 3.05) is 7.11 Å². The van der Waals surface area contributed by atoms with Crippen LogP contribution in [0.15, 0.2) is 96.2 Å². The zero-order valence-electron chi connectivity index (χ0n) is 19.5. The van der Waals surface area contributed by atoms with Crippen LogP contribution in [0.2, 0.25) is 0 Å². The molecule has 0 radical (unpaired) electrons. The first-order valence-corrected chi connectivity index (χ1v) is 11.3. The lowest BCUT2D eigenvalue weighted by Gasteiger charge is -2.07. The maximum Gasteiger partial charge on any atom is 0.337 e. The van der Waals surface area contributed by atoms with Gasteiger partial charge in [0.05, 0.1) is 24.5 Å². The number of carbonyl (C=O) groups is 2. The summed E-state index contributed by atoms with van der Waals surface area (Å²) in [6.45, 7) is 0.537. The van der Waals surface area contributed by atoms with Crippen LogP contribution in [0.4, 0.5) is 0 Å². The highest BCUT2D eigenvalue weighted by Crippen LogP contribution is 2.27. The van der Waals surface area contributed by atoms with Gasteiger partial charge in [-0.05, 0) is 40.6 Å². The number of hydrazone groups is 1. The lowest BCUT2D eigenvalue weighted by atomic mass is 10.0. The zero-order valence-corrected chi connectivity index (χ0v) is 19.5. The SMILES string of the molecule is COC(=O)c1cccc(Cn2cc(/C=N\NC(=O)c3c(O)ccc4ccccc34)c3ccccc32)c1. The van der Waals surface area contributed by atoms with E-state index in [-0.39, 0.29) is 17.3 Å². The second kappa shape index (κ2) is 9.76. The van der Waals surface area contributed by atoms with Gasteiger partial charge in [0.25, 0.3) is 5.91 Å². The second-order valence-corrected chi connectivity index (χ2v) is 8.30. The Morgan fingerprint density at radius 2 is 1.75 bits per heavy atom. The van der Waals surface area contributed by atoms with E-state index in [9.17, 15) is 14.7 Å².